The second-order valence-corrected chi connectivity index (χ2v) is 7.51. The number of aliphatic hydroxyl groups is 1. The average Bonchev–Trinajstić information content (AvgIpc) is 2.65. The van der Waals surface area contributed by atoms with Gasteiger partial charge in [-0.3, -0.25) is 0 Å². The largest absolute Gasteiger partial charge is 0.489 e. The number of nitrogens with one attached hydrogen (secondary N) is 1. The fourth-order valence-electron chi connectivity index (χ4n) is 2.80. The fraction of sp³-hybridized carbons (Fsp3) is 0.273. The lowest BCUT2D eigenvalue weighted by Crippen LogP contribution is -2.42. The van der Waals surface area contributed by atoms with Crippen LogP contribution in [-0.4, -0.2) is 17.3 Å². The number of benzene rings is 3. The maximum absolute atomic E-state index is 9.53. The van der Waals surface area contributed by atoms with Gasteiger partial charge in [-0.2, -0.15) is 0 Å². The smallest absolute Gasteiger partial charge is 0.124 e. The summed E-state index contributed by atoms with van der Waals surface area (Å²) >= 11 is 6.06. The van der Waals surface area contributed by atoms with Crippen molar-refractivity contribution in [2.75, 3.05) is 6.61 Å². The maximum atomic E-state index is 9.53. The van der Waals surface area contributed by atoms with Gasteiger partial charge >= 0.3 is 0 Å². The molecule has 0 bridgehead atoms. The van der Waals surface area contributed by atoms with Gasteiger partial charge in [0.2, 0.25) is 0 Å². The first kappa shape index (κ1) is 18.7. The van der Waals surface area contributed by atoms with E-state index in [0.29, 0.717) is 18.2 Å². The van der Waals surface area contributed by atoms with Crippen LogP contribution in [-0.2, 0) is 13.2 Å². The van der Waals surface area contributed by atoms with Gasteiger partial charge in [0.15, 0.2) is 0 Å². The molecule has 0 saturated carbocycles. The number of hydrogen-bond donors (Lipinski definition) is 2. The molecule has 0 fully saturated rings. The zero-order valence-electron chi connectivity index (χ0n) is 15.1. The van der Waals surface area contributed by atoms with E-state index in [1.165, 1.54) is 5.39 Å². The Morgan fingerprint density at radius 3 is 2.62 bits per heavy atom. The number of halogens is 1. The van der Waals surface area contributed by atoms with Gasteiger partial charge in [0.05, 0.1) is 6.61 Å². The summed E-state index contributed by atoms with van der Waals surface area (Å²) in [6.45, 7) is 5.08. The van der Waals surface area contributed by atoms with Gasteiger partial charge in [0.25, 0.3) is 0 Å². The van der Waals surface area contributed by atoms with Crippen LogP contribution in [0, 0.1) is 0 Å². The first-order valence-electron chi connectivity index (χ1n) is 8.72. The van der Waals surface area contributed by atoms with Crippen molar-refractivity contribution in [3.63, 3.8) is 0 Å². The Labute approximate surface area is 159 Å². The third kappa shape index (κ3) is 4.55. The molecule has 0 unspecified atom stereocenters. The molecule has 0 aromatic heterocycles. The molecular weight excluding hydrogens is 346 g/mol. The van der Waals surface area contributed by atoms with Crippen LogP contribution in [0.1, 0.15) is 25.0 Å². The van der Waals surface area contributed by atoms with Crippen LogP contribution in [0.4, 0.5) is 0 Å². The standard InChI is InChI=1S/C22H24ClNO2/c1-22(2,15-25)24-13-20-19-9-4-3-7-17(19)10-11-21(20)26-14-16-6-5-8-18(23)12-16/h3-12,24-25H,13-15H2,1-2H3. The lowest BCUT2D eigenvalue weighted by molar-refractivity contribution is 0.187. The molecule has 3 aromatic rings. The van der Waals surface area contributed by atoms with E-state index in [9.17, 15) is 5.11 Å². The molecule has 0 atom stereocenters. The summed E-state index contributed by atoms with van der Waals surface area (Å²) in [5, 5.41) is 16.0. The van der Waals surface area contributed by atoms with Crippen molar-refractivity contribution in [1.82, 2.24) is 5.32 Å². The minimum atomic E-state index is -0.360. The topological polar surface area (TPSA) is 41.5 Å². The van der Waals surface area contributed by atoms with Crippen molar-refractivity contribution in [2.24, 2.45) is 0 Å². The third-order valence-electron chi connectivity index (χ3n) is 4.42. The van der Waals surface area contributed by atoms with Crippen molar-refractivity contribution in [3.8, 4) is 5.75 Å². The van der Waals surface area contributed by atoms with Gasteiger partial charge in [0, 0.05) is 22.7 Å². The van der Waals surface area contributed by atoms with Crippen LogP contribution < -0.4 is 10.1 Å². The van der Waals surface area contributed by atoms with E-state index >= 15 is 0 Å². The van der Waals surface area contributed by atoms with Crippen LogP contribution >= 0.6 is 11.6 Å². The Morgan fingerprint density at radius 2 is 1.85 bits per heavy atom. The van der Waals surface area contributed by atoms with E-state index in [2.05, 4.69) is 23.5 Å². The van der Waals surface area contributed by atoms with Crippen molar-refractivity contribution in [3.05, 3.63) is 76.8 Å². The lowest BCUT2D eigenvalue weighted by Gasteiger charge is -2.25. The van der Waals surface area contributed by atoms with E-state index in [0.717, 1.165) is 22.3 Å². The third-order valence-corrected chi connectivity index (χ3v) is 4.66. The molecule has 4 heteroatoms. The Morgan fingerprint density at radius 1 is 1.04 bits per heavy atom. The van der Waals surface area contributed by atoms with Crippen molar-refractivity contribution >= 4 is 22.4 Å². The predicted molar refractivity (Wildman–Crippen MR) is 108 cm³/mol. The monoisotopic (exact) mass is 369 g/mol. The number of rotatable bonds is 7. The number of fused-ring (bicyclic) bond motifs is 1. The van der Waals surface area contributed by atoms with E-state index in [4.69, 9.17) is 16.3 Å². The summed E-state index contributed by atoms with van der Waals surface area (Å²) in [6, 6.07) is 20.0. The van der Waals surface area contributed by atoms with Crippen LogP contribution in [0.2, 0.25) is 5.02 Å². The molecule has 0 radical (unpaired) electrons. The highest BCUT2D eigenvalue weighted by atomic mass is 35.5. The normalized spacial score (nSPS) is 11.7. The highest BCUT2D eigenvalue weighted by molar-refractivity contribution is 6.30. The summed E-state index contributed by atoms with van der Waals surface area (Å²) in [5.41, 5.74) is 1.76. The first-order valence-corrected chi connectivity index (χ1v) is 9.10. The predicted octanol–water partition coefficient (Wildman–Crippen LogP) is 4.93. The Hall–Kier alpha value is -2.07. The zero-order chi connectivity index (χ0) is 18.6. The summed E-state index contributed by atoms with van der Waals surface area (Å²) < 4.78 is 6.12. The maximum Gasteiger partial charge on any atom is 0.124 e. The molecule has 0 amide bonds. The van der Waals surface area contributed by atoms with E-state index < -0.39 is 0 Å². The Bertz CT molecular complexity index is 892. The van der Waals surface area contributed by atoms with Gasteiger partial charge in [-0.05, 0) is 48.4 Å². The molecule has 0 spiro atoms. The molecule has 26 heavy (non-hydrogen) atoms. The molecule has 3 aromatic carbocycles. The lowest BCUT2D eigenvalue weighted by atomic mass is 10.0. The minimum absolute atomic E-state index is 0.0659. The molecule has 0 aliphatic rings. The fourth-order valence-corrected chi connectivity index (χ4v) is 3.02. The zero-order valence-corrected chi connectivity index (χ0v) is 15.9. The second-order valence-electron chi connectivity index (χ2n) is 7.08. The van der Waals surface area contributed by atoms with E-state index in [1.807, 2.05) is 56.3 Å². The van der Waals surface area contributed by atoms with Crippen LogP contribution in [0.3, 0.4) is 0 Å². The second kappa shape index (κ2) is 8.09. The molecule has 2 N–H and O–H groups in total. The molecule has 0 saturated heterocycles. The van der Waals surface area contributed by atoms with Crippen LogP contribution in [0.5, 0.6) is 5.75 Å². The SMILES string of the molecule is CC(C)(CO)NCc1c(OCc2cccc(Cl)c2)ccc2ccccc12. The van der Waals surface area contributed by atoms with Gasteiger partial charge < -0.3 is 15.2 Å². The highest BCUT2D eigenvalue weighted by Gasteiger charge is 2.17. The van der Waals surface area contributed by atoms with Crippen LogP contribution in [0.25, 0.3) is 10.8 Å². The molecule has 0 aliphatic heterocycles. The molecule has 136 valence electrons. The molecular formula is C22H24ClNO2. The molecule has 0 aliphatic carbocycles. The number of ether oxygens (including phenoxy) is 1. The van der Waals surface area contributed by atoms with Gasteiger partial charge in [-0.1, -0.05) is 54.1 Å². The molecule has 0 heterocycles. The van der Waals surface area contributed by atoms with Crippen molar-refractivity contribution < 1.29 is 9.84 Å². The summed E-state index contributed by atoms with van der Waals surface area (Å²) in [4.78, 5) is 0. The van der Waals surface area contributed by atoms with E-state index in [-0.39, 0.29) is 12.1 Å². The van der Waals surface area contributed by atoms with Crippen molar-refractivity contribution in [1.29, 1.82) is 0 Å². The first-order chi connectivity index (χ1) is 12.5. The Kier molecular flexibility index (Phi) is 5.82. The van der Waals surface area contributed by atoms with Crippen molar-refractivity contribution in [2.45, 2.75) is 32.5 Å². The summed E-state index contributed by atoms with van der Waals surface area (Å²) in [7, 11) is 0. The van der Waals surface area contributed by atoms with E-state index in [1.54, 1.807) is 0 Å². The number of aliphatic hydroxyl groups excluding tert-OH is 1. The van der Waals surface area contributed by atoms with Gasteiger partial charge in [0.1, 0.15) is 12.4 Å². The van der Waals surface area contributed by atoms with Crippen LogP contribution in [0.15, 0.2) is 60.7 Å². The van der Waals surface area contributed by atoms with Gasteiger partial charge in [-0.15, -0.1) is 0 Å². The summed E-state index contributed by atoms with van der Waals surface area (Å²) in [6.07, 6.45) is 0. The number of hydrogen-bond acceptors (Lipinski definition) is 3. The molecule has 3 rings (SSSR count). The highest BCUT2D eigenvalue weighted by Crippen LogP contribution is 2.29. The quantitative estimate of drug-likeness (QED) is 0.620. The average molecular weight is 370 g/mol. The Balaban J connectivity index is 1.89. The molecule has 3 nitrogen and oxygen atoms in total. The minimum Gasteiger partial charge on any atom is -0.489 e. The van der Waals surface area contributed by atoms with Gasteiger partial charge in [-0.25, -0.2) is 0 Å². The summed E-state index contributed by atoms with van der Waals surface area (Å²) in [5.74, 6) is 0.838.